The topological polar surface area (TPSA) is 96.8 Å². The number of fused-ring (bicyclic) bond motifs is 2. The highest BCUT2D eigenvalue weighted by Crippen LogP contribution is 2.26. The van der Waals surface area contributed by atoms with Gasteiger partial charge in [-0.25, -0.2) is 14.3 Å². The molecule has 0 aliphatic rings. The van der Waals surface area contributed by atoms with Crippen molar-refractivity contribution in [2.45, 2.75) is 19.4 Å². The lowest BCUT2D eigenvalue weighted by atomic mass is 10.2. The number of thiazole rings is 1. The van der Waals surface area contributed by atoms with Crippen LogP contribution in [-0.2, 0) is 4.79 Å². The highest BCUT2D eigenvalue weighted by atomic mass is 32.1. The summed E-state index contributed by atoms with van der Waals surface area (Å²) in [4.78, 5) is 45.1. The van der Waals surface area contributed by atoms with Gasteiger partial charge in [-0.2, -0.15) is 0 Å². The van der Waals surface area contributed by atoms with Gasteiger partial charge in [0.15, 0.2) is 5.13 Å². The van der Waals surface area contributed by atoms with Crippen molar-refractivity contribution < 1.29 is 4.79 Å². The third-order valence-corrected chi connectivity index (χ3v) is 5.31. The van der Waals surface area contributed by atoms with Crippen LogP contribution in [0, 0.1) is 0 Å². The van der Waals surface area contributed by atoms with E-state index in [4.69, 9.17) is 0 Å². The van der Waals surface area contributed by atoms with Gasteiger partial charge in [0.2, 0.25) is 5.91 Å². The number of aromatic nitrogens is 3. The molecule has 2 N–H and O–H groups in total. The Balaban J connectivity index is 1.73. The van der Waals surface area contributed by atoms with Crippen LogP contribution in [0.15, 0.2) is 58.1 Å². The molecular weight excluding hydrogens is 364 g/mol. The number of hydrogen-bond donors (Lipinski definition) is 2. The Hall–Kier alpha value is -3.26. The first-order chi connectivity index (χ1) is 13.1. The summed E-state index contributed by atoms with van der Waals surface area (Å²) in [5, 5.41) is 3.54. The summed E-state index contributed by atoms with van der Waals surface area (Å²) in [7, 11) is 0. The van der Waals surface area contributed by atoms with Crippen molar-refractivity contribution in [2.24, 2.45) is 0 Å². The summed E-state index contributed by atoms with van der Waals surface area (Å²) >= 11 is 1.34. The number of nitrogens with zero attached hydrogens (tertiary/aromatic N) is 2. The normalized spacial score (nSPS) is 12.3. The zero-order chi connectivity index (χ0) is 19.0. The van der Waals surface area contributed by atoms with Gasteiger partial charge in [-0.05, 0) is 30.7 Å². The van der Waals surface area contributed by atoms with Crippen molar-refractivity contribution >= 4 is 43.5 Å². The number of anilines is 1. The molecule has 2 aromatic carbocycles. The van der Waals surface area contributed by atoms with Gasteiger partial charge in [-0.15, -0.1) is 0 Å². The molecule has 136 valence electrons. The lowest BCUT2D eigenvalue weighted by Crippen LogP contribution is -2.42. The fourth-order valence-corrected chi connectivity index (χ4v) is 3.93. The van der Waals surface area contributed by atoms with E-state index in [9.17, 15) is 14.4 Å². The lowest BCUT2D eigenvalue weighted by molar-refractivity contribution is -0.119. The maximum Gasteiger partial charge on any atom is 0.329 e. The molecule has 8 heteroatoms. The summed E-state index contributed by atoms with van der Waals surface area (Å²) < 4.78 is 1.92. The quantitative estimate of drug-likeness (QED) is 0.569. The fourth-order valence-electron chi connectivity index (χ4n) is 3.06. The molecule has 0 aliphatic carbocycles. The van der Waals surface area contributed by atoms with Crippen LogP contribution in [-0.4, -0.2) is 20.4 Å². The molecular formula is C19H16N4O3S. The number of hydrogen-bond acceptors (Lipinski definition) is 5. The smallest absolute Gasteiger partial charge is 0.307 e. The van der Waals surface area contributed by atoms with Gasteiger partial charge in [0.1, 0.15) is 6.04 Å². The van der Waals surface area contributed by atoms with E-state index in [0.717, 1.165) is 14.8 Å². The summed E-state index contributed by atoms with van der Waals surface area (Å²) in [6.45, 7) is 1.75. The molecule has 2 heterocycles. The number of rotatable bonds is 4. The first-order valence-corrected chi connectivity index (χ1v) is 9.30. The Kier molecular flexibility index (Phi) is 4.33. The zero-order valence-electron chi connectivity index (χ0n) is 14.4. The van der Waals surface area contributed by atoms with Crippen molar-refractivity contribution in [1.29, 1.82) is 0 Å². The lowest BCUT2D eigenvalue weighted by Gasteiger charge is -2.16. The number of H-pyrrole nitrogens is 1. The summed E-state index contributed by atoms with van der Waals surface area (Å²) in [6, 6.07) is 13.3. The molecule has 0 fully saturated rings. The minimum Gasteiger partial charge on any atom is -0.307 e. The van der Waals surface area contributed by atoms with Crippen LogP contribution in [0.1, 0.15) is 19.4 Å². The van der Waals surface area contributed by atoms with Crippen LogP contribution < -0.4 is 16.6 Å². The van der Waals surface area contributed by atoms with E-state index in [2.05, 4.69) is 15.3 Å². The van der Waals surface area contributed by atoms with Crippen molar-refractivity contribution in [3.63, 3.8) is 0 Å². The molecule has 27 heavy (non-hydrogen) atoms. The summed E-state index contributed by atoms with van der Waals surface area (Å²) in [5.74, 6) is -0.445. The second kappa shape index (κ2) is 6.81. The Labute approximate surface area is 157 Å². The molecule has 0 saturated heterocycles. The van der Waals surface area contributed by atoms with Gasteiger partial charge in [-0.3, -0.25) is 9.59 Å². The van der Waals surface area contributed by atoms with E-state index in [1.54, 1.807) is 31.2 Å². The van der Waals surface area contributed by atoms with Crippen LogP contribution in [0.5, 0.6) is 0 Å². The highest BCUT2D eigenvalue weighted by Gasteiger charge is 2.24. The molecule has 1 atom stereocenters. The molecule has 1 amide bonds. The van der Waals surface area contributed by atoms with Crippen molar-refractivity contribution in [1.82, 2.24) is 14.5 Å². The van der Waals surface area contributed by atoms with E-state index >= 15 is 0 Å². The molecule has 0 saturated carbocycles. The Morgan fingerprint density at radius 1 is 1.19 bits per heavy atom. The number of carbonyl (C=O) groups is 1. The summed E-state index contributed by atoms with van der Waals surface area (Å²) in [5.41, 5.74) is 0.141. The van der Waals surface area contributed by atoms with Crippen LogP contribution in [0.4, 0.5) is 5.13 Å². The van der Waals surface area contributed by atoms with Crippen LogP contribution in [0.3, 0.4) is 0 Å². The predicted octanol–water partition coefficient (Wildman–Crippen LogP) is 2.89. The van der Waals surface area contributed by atoms with E-state index in [-0.39, 0.29) is 6.42 Å². The van der Waals surface area contributed by atoms with Gasteiger partial charge in [-0.1, -0.05) is 42.5 Å². The van der Waals surface area contributed by atoms with Crippen molar-refractivity contribution in [3.8, 4) is 0 Å². The molecule has 0 spiro atoms. The van der Waals surface area contributed by atoms with Crippen LogP contribution in [0.2, 0.25) is 0 Å². The Bertz CT molecular complexity index is 1240. The van der Waals surface area contributed by atoms with E-state index in [1.165, 1.54) is 11.3 Å². The van der Waals surface area contributed by atoms with Crippen molar-refractivity contribution in [2.75, 3.05) is 5.32 Å². The maximum atomic E-state index is 12.8. The minimum absolute atomic E-state index is 0.290. The largest absolute Gasteiger partial charge is 0.329 e. The fraction of sp³-hybridized carbons (Fsp3) is 0.158. The van der Waals surface area contributed by atoms with Crippen molar-refractivity contribution in [3.05, 3.63) is 69.4 Å². The molecule has 7 nitrogen and oxygen atoms in total. The maximum absolute atomic E-state index is 12.8. The van der Waals surface area contributed by atoms with Gasteiger partial charge in [0.25, 0.3) is 5.56 Å². The molecule has 2 aromatic heterocycles. The molecule has 4 rings (SSSR count). The van der Waals surface area contributed by atoms with Crippen LogP contribution in [0.25, 0.3) is 21.1 Å². The second-order valence-corrected chi connectivity index (χ2v) is 7.08. The Morgan fingerprint density at radius 2 is 1.93 bits per heavy atom. The number of nitrogens with one attached hydrogen (secondary N) is 2. The van der Waals surface area contributed by atoms with Gasteiger partial charge >= 0.3 is 5.69 Å². The third-order valence-electron chi connectivity index (χ3n) is 4.36. The average Bonchev–Trinajstić information content (AvgIpc) is 3.07. The molecule has 0 aliphatic heterocycles. The van der Waals surface area contributed by atoms with E-state index in [1.807, 2.05) is 24.3 Å². The van der Waals surface area contributed by atoms with Gasteiger partial charge in [0, 0.05) is 0 Å². The first-order valence-electron chi connectivity index (χ1n) is 8.48. The van der Waals surface area contributed by atoms with Crippen LogP contribution >= 0.6 is 11.3 Å². The second-order valence-electron chi connectivity index (χ2n) is 6.05. The number of para-hydroxylation sites is 2. The first kappa shape index (κ1) is 17.2. The van der Waals surface area contributed by atoms with Gasteiger partial charge in [0.05, 0.1) is 21.1 Å². The Morgan fingerprint density at radius 3 is 2.70 bits per heavy atom. The molecule has 4 aromatic rings. The molecule has 1 unspecified atom stereocenters. The number of carbonyl (C=O) groups excluding carboxylic acids is 1. The summed E-state index contributed by atoms with van der Waals surface area (Å²) in [6.07, 6.45) is 0.290. The average molecular weight is 380 g/mol. The third kappa shape index (κ3) is 3.04. The number of benzene rings is 2. The number of amides is 1. The SMILES string of the molecule is CCC(C(=O)Nc1nc2ccccc2s1)n1c(=O)[nH]c2ccccc2c1=O. The zero-order valence-corrected chi connectivity index (χ0v) is 15.2. The monoisotopic (exact) mass is 380 g/mol. The number of aromatic amines is 1. The highest BCUT2D eigenvalue weighted by molar-refractivity contribution is 7.22. The predicted molar refractivity (Wildman–Crippen MR) is 106 cm³/mol. The minimum atomic E-state index is -0.933. The van der Waals surface area contributed by atoms with E-state index in [0.29, 0.717) is 16.0 Å². The standard InChI is InChI=1S/C19H16N4O3S/c1-2-14(16(24)22-18-20-13-9-5-6-10-15(13)27-18)23-17(25)11-7-3-4-8-12(11)21-19(23)26/h3-10,14H,2H2,1H3,(H,21,26)(H,20,22,24). The van der Waals surface area contributed by atoms with Gasteiger partial charge < -0.3 is 10.3 Å². The molecule has 0 radical (unpaired) electrons. The molecule has 0 bridgehead atoms. The van der Waals surface area contributed by atoms with E-state index < -0.39 is 23.2 Å².